The minimum atomic E-state index is -0.444. The molecule has 0 radical (unpaired) electrons. The van der Waals surface area contributed by atoms with Gasteiger partial charge >= 0.3 is 0 Å². The number of rotatable bonds is 4. The molecule has 2 aromatic rings. The van der Waals surface area contributed by atoms with E-state index < -0.39 is 5.91 Å². The van der Waals surface area contributed by atoms with Crippen molar-refractivity contribution in [3.63, 3.8) is 0 Å². The van der Waals surface area contributed by atoms with E-state index >= 15 is 0 Å². The van der Waals surface area contributed by atoms with E-state index in [2.05, 4.69) is 9.97 Å². The molecule has 2 rings (SSSR count). The van der Waals surface area contributed by atoms with Crippen LogP contribution in [0.5, 0.6) is 0 Å². The fourth-order valence-electron chi connectivity index (χ4n) is 1.75. The minimum Gasteiger partial charge on any atom is -0.368 e. The topological polar surface area (TPSA) is 98.1 Å². The number of hydrogen-bond acceptors (Lipinski definition) is 5. The summed E-state index contributed by atoms with van der Waals surface area (Å²) in [4.78, 5) is 20.8. The summed E-state index contributed by atoms with van der Waals surface area (Å²) in [7, 11) is 1.86. The highest BCUT2D eigenvalue weighted by Crippen LogP contribution is 2.18. The highest BCUT2D eigenvalue weighted by atomic mass is 35.5. The number of carbonyl (C=O) groups is 1. The maximum absolute atomic E-state index is 11.0. The number of benzene rings is 1. The van der Waals surface area contributed by atoms with Gasteiger partial charge in [-0.1, -0.05) is 23.7 Å². The molecule has 6 nitrogen and oxygen atoms in total. The molecule has 7 heteroatoms. The van der Waals surface area contributed by atoms with Crippen LogP contribution in [0.1, 0.15) is 15.9 Å². The fraction of sp³-hybridized carbons (Fsp3) is 0.154. The van der Waals surface area contributed by atoms with Gasteiger partial charge in [-0.15, -0.1) is 0 Å². The Kier molecular flexibility index (Phi) is 4.05. The van der Waals surface area contributed by atoms with Crippen LogP contribution in [0.15, 0.2) is 30.3 Å². The van der Waals surface area contributed by atoms with Gasteiger partial charge in [-0.3, -0.25) is 4.79 Å². The van der Waals surface area contributed by atoms with Crippen molar-refractivity contribution in [2.24, 2.45) is 5.73 Å². The van der Waals surface area contributed by atoms with E-state index in [9.17, 15) is 4.79 Å². The Morgan fingerprint density at radius 2 is 1.95 bits per heavy atom. The largest absolute Gasteiger partial charge is 0.368 e. The normalized spacial score (nSPS) is 10.3. The molecule has 0 atom stereocenters. The fourth-order valence-corrected chi connectivity index (χ4v) is 1.93. The third-order valence-electron chi connectivity index (χ3n) is 2.75. The lowest BCUT2D eigenvalue weighted by molar-refractivity contribution is 0.100. The van der Waals surface area contributed by atoms with Crippen molar-refractivity contribution in [2.45, 2.75) is 6.54 Å². The first kappa shape index (κ1) is 14.1. The molecule has 4 N–H and O–H groups in total. The molecule has 0 saturated carbocycles. The summed E-state index contributed by atoms with van der Waals surface area (Å²) < 4.78 is 0. The maximum Gasteiger partial charge on any atom is 0.248 e. The number of aromatic nitrogens is 2. The van der Waals surface area contributed by atoms with Gasteiger partial charge in [0.05, 0.1) is 0 Å². The Balaban J connectivity index is 2.14. The number of halogens is 1. The van der Waals surface area contributed by atoms with E-state index in [4.69, 9.17) is 23.1 Å². The molecular weight excluding hydrogens is 278 g/mol. The minimum absolute atomic E-state index is 0.128. The van der Waals surface area contributed by atoms with Crippen LogP contribution in [0.4, 0.5) is 11.8 Å². The van der Waals surface area contributed by atoms with Crippen LogP contribution in [0.2, 0.25) is 5.15 Å². The van der Waals surface area contributed by atoms with Gasteiger partial charge < -0.3 is 16.4 Å². The number of nitrogen functional groups attached to an aromatic ring is 1. The summed E-state index contributed by atoms with van der Waals surface area (Å²) in [6.45, 7) is 0.589. The van der Waals surface area contributed by atoms with Gasteiger partial charge in [0, 0.05) is 25.2 Å². The van der Waals surface area contributed by atoms with Gasteiger partial charge in [-0.05, 0) is 17.7 Å². The van der Waals surface area contributed by atoms with Crippen molar-refractivity contribution in [2.75, 3.05) is 17.7 Å². The molecule has 20 heavy (non-hydrogen) atoms. The molecule has 1 heterocycles. The van der Waals surface area contributed by atoms with Gasteiger partial charge in [-0.25, -0.2) is 4.98 Å². The molecule has 1 aromatic carbocycles. The predicted molar refractivity (Wildman–Crippen MR) is 78.5 cm³/mol. The van der Waals surface area contributed by atoms with Crippen LogP contribution in [-0.2, 0) is 6.54 Å². The van der Waals surface area contributed by atoms with Crippen molar-refractivity contribution < 1.29 is 4.79 Å². The number of primary amides is 1. The van der Waals surface area contributed by atoms with E-state index in [0.717, 1.165) is 5.56 Å². The highest BCUT2D eigenvalue weighted by molar-refractivity contribution is 6.29. The molecule has 0 aliphatic heterocycles. The van der Waals surface area contributed by atoms with Crippen LogP contribution in [0.25, 0.3) is 0 Å². The number of carbonyl (C=O) groups excluding carboxylic acids is 1. The van der Waals surface area contributed by atoms with Crippen LogP contribution >= 0.6 is 11.6 Å². The van der Waals surface area contributed by atoms with Gasteiger partial charge in [0.1, 0.15) is 11.0 Å². The SMILES string of the molecule is CN(Cc1ccc(C(N)=O)cc1)c1cc(Cl)nc(N)n1. The van der Waals surface area contributed by atoms with E-state index in [-0.39, 0.29) is 5.95 Å². The van der Waals surface area contributed by atoms with E-state index in [1.54, 1.807) is 18.2 Å². The van der Waals surface area contributed by atoms with Crippen LogP contribution in [-0.4, -0.2) is 22.9 Å². The Morgan fingerprint density at radius 3 is 2.50 bits per heavy atom. The number of nitrogens with zero attached hydrogens (tertiary/aromatic N) is 3. The molecule has 1 aromatic heterocycles. The monoisotopic (exact) mass is 291 g/mol. The van der Waals surface area contributed by atoms with E-state index in [0.29, 0.717) is 23.1 Å². The summed E-state index contributed by atoms with van der Waals surface area (Å²) in [6.07, 6.45) is 0. The summed E-state index contributed by atoms with van der Waals surface area (Å²) in [6, 6.07) is 8.68. The van der Waals surface area contributed by atoms with Crippen molar-refractivity contribution in [1.29, 1.82) is 0 Å². The molecular formula is C13H14ClN5O. The van der Waals surface area contributed by atoms with Crippen LogP contribution in [0.3, 0.4) is 0 Å². The lowest BCUT2D eigenvalue weighted by Gasteiger charge is -2.18. The third kappa shape index (κ3) is 3.36. The van der Waals surface area contributed by atoms with E-state index in [1.165, 1.54) is 0 Å². The number of anilines is 2. The van der Waals surface area contributed by atoms with Crippen LogP contribution in [0, 0.1) is 0 Å². The third-order valence-corrected chi connectivity index (χ3v) is 2.94. The summed E-state index contributed by atoms with van der Waals surface area (Å²) in [5, 5.41) is 0.295. The zero-order valence-corrected chi connectivity index (χ0v) is 11.6. The molecule has 104 valence electrons. The first-order valence-electron chi connectivity index (χ1n) is 5.85. The standard InChI is InChI=1S/C13H14ClN5O/c1-19(11-6-10(14)17-13(16)18-11)7-8-2-4-9(5-3-8)12(15)20/h2-6H,7H2,1H3,(H2,15,20)(H2,16,17,18). The first-order valence-corrected chi connectivity index (χ1v) is 6.23. The lowest BCUT2D eigenvalue weighted by Crippen LogP contribution is -2.18. The highest BCUT2D eigenvalue weighted by Gasteiger charge is 2.07. The van der Waals surface area contributed by atoms with Crippen LogP contribution < -0.4 is 16.4 Å². The molecule has 0 fully saturated rings. The van der Waals surface area contributed by atoms with Gasteiger partial charge in [0.2, 0.25) is 11.9 Å². The van der Waals surface area contributed by atoms with Crippen molar-refractivity contribution in [1.82, 2.24) is 9.97 Å². The number of amides is 1. The van der Waals surface area contributed by atoms with Crippen molar-refractivity contribution in [3.05, 3.63) is 46.6 Å². The Hall–Kier alpha value is -2.34. The number of hydrogen-bond donors (Lipinski definition) is 2. The summed E-state index contributed by atoms with van der Waals surface area (Å²) >= 11 is 5.84. The Labute approximate surface area is 121 Å². The van der Waals surface area contributed by atoms with Gasteiger partial charge in [0.25, 0.3) is 0 Å². The molecule has 0 saturated heterocycles. The number of nitrogens with two attached hydrogens (primary N) is 2. The zero-order valence-electron chi connectivity index (χ0n) is 10.9. The molecule has 1 amide bonds. The molecule has 0 unspecified atom stereocenters. The second-order valence-electron chi connectivity index (χ2n) is 4.32. The summed E-state index contributed by atoms with van der Waals surface area (Å²) in [5.74, 6) is 0.310. The smallest absolute Gasteiger partial charge is 0.248 e. The maximum atomic E-state index is 11.0. The van der Waals surface area contributed by atoms with E-state index in [1.807, 2.05) is 24.1 Å². The Bertz CT molecular complexity index is 609. The predicted octanol–water partition coefficient (Wildman–Crippen LogP) is 1.45. The van der Waals surface area contributed by atoms with Gasteiger partial charge in [-0.2, -0.15) is 4.98 Å². The molecule has 0 aliphatic rings. The van der Waals surface area contributed by atoms with Crippen molar-refractivity contribution in [3.8, 4) is 0 Å². The quantitative estimate of drug-likeness (QED) is 0.831. The lowest BCUT2D eigenvalue weighted by atomic mass is 10.1. The average molecular weight is 292 g/mol. The Morgan fingerprint density at radius 1 is 1.30 bits per heavy atom. The van der Waals surface area contributed by atoms with Crippen molar-refractivity contribution >= 4 is 29.3 Å². The summed E-state index contributed by atoms with van der Waals surface area (Å²) in [5.41, 5.74) is 12.2. The second kappa shape index (κ2) is 5.75. The first-order chi connectivity index (χ1) is 9.45. The molecule has 0 bridgehead atoms. The molecule has 0 aliphatic carbocycles. The zero-order chi connectivity index (χ0) is 14.7. The van der Waals surface area contributed by atoms with Gasteiger partial charge in [0.15, 0.2) is 0 Å². The molecule has 0 spiro atoms. The second-order valence-corrected chi connectivity index (χ2v) is 4.71. The average Bonchev–Trinajstić information content (AvgIpc) is 2.38.